The van der Waals surface area contributed by atoms with E-state index in [4.69, 9.17) is 9.47 Å². The summed E-state index contributed by atoms with van der Waals surface area (Å²) in [7, 11) is 5.55. The number of anilines is 2. The minimum atomic E-state index is -0.600. The Morgan fingerprint density at radius 2 is 1.57 bits per heavy atom. The first-order chi connectivity index (χ1) is 11.0. The second kappa shape index (κ2) is 7.54. The van der Waals surface area contributed by atoms with Crippen molar-refractivity contribution in [1.82, 2.24) is 0 Å². The van der Waals surface area contributed by atoms with Crippen LogP contribution in [-0.2, 0) is 4.79 Å². The summed E-state index contributed by atoms with van der Waals surface area (Å²) < 4.78 is 10.7. The van der Waals surface area contributed by atoms with Gasteiger partial charge in [-0.1, -0.05) is 0 Å². The monoisotopic (exact) mass is 314 g/mol. The largest absolute Gasteiger partial charge is 0.497 e. The van der Waals surface area contributed by atoms with E-state index < -0.39 is 6.10 Å². The summed E-state index contributed by atoms with van der Waals surface area (Å²) in [5, 5.41) is 2.84. The normalized spacial score (nSPS) is 11.5. The molecule has 0 saturated heterocycles. The summed E-state index contributed by atoms with van der Waals surface area (Å²) in [6.45, 7) is 1.72. The lowest BCUT2D eigenvalue weighted by molar-refractivity contribution is -0.122. The van der Waals surface area contributed by atoms with Gasteiger partial charge in [0.15, 0.2) is 6.10 Å². The van der Waals surface area contributed by atoms with Crippen LogP contribution in [0, 0.1) is 0 Å². The average Bonchev–Trinajstić information content (AvgIpc) is 2.56. The summed E-state index contributed by atoms with van der Waals surface area (Å²) >= 11 is 0. The summed E-state index contributed by atoms with van der Waals surface area (Å²) in [4.78, 5) is 14.2. The van der Waals surface area contributed by atoms with Gasteiger partial charge in [-0.3, -0.25) is 4.79 Å². The number of amides is 1. The number of methoxy groups -OCH3 is 1. The molecule has 0 spiro atoms. The number of carbonyl (C=O) groups excluding carboxylic acids is 1. The summed E-state index contributed by atoms with van der Waals surface area (Å²) in [5.41, 5.74) is 1.82. The van der Waals surface area contributed by atoms with Crippen molar-refractivity contribution in [3.8, 4) is 11.5 Å². The van der Waals surface area contributed by atoms with E-state index in [9.17, 15) is 4.79 Å². The van der Waals surface area contributed by atoms with Gasteiger partial charge in [0.2, 0.25) is 0 Å². The molecular weight excluding hydrogens is 292 g/mol. The van der Waals surface area contributed by atoms with Crippen LogP contribution >= 0.6 is 0 Å². The Labute approximate surface area is 136 Å². The second-order valence-electron chi connectivity index (χ2n) is 5.37. The van der Waals surface area contributed by atoms with E-state index in [1.54, 1.807) is 38.3 Å². The van der Waals surface area contributed by atoms with E-state index in [1.165, 1.54) is 0 Å². The highest BCUT2D eigenvalue weighted by atomic mass is 16.5. The third-order valence-electron chi connectivity index (χ3n) is 3.39. The maximum atomic E-state index is 12.2. The molecule has 0 radical (unpaired) electrons. The Morgan fingerprint density at radius 1 is 1.00 bits per heavy atom. The zero-order chi connectivity index (χ0) is 16.8. The maximum absolute atomic E-state index is 12.2. The van der Waals surface area contributed by atoms with Crippen molar-refractivity contribution < 1.29 is 14.3 Å². The Kier molecular flexibility index (Phi) is 5.46. The summed E-state index contributed by atoms with van der Waals surface area (Å²) in [5.74, 6) is 1.17. The summed E-state index contributed by atoms with van der Waals surface area (Å²) in [6, 6.07) is 14.8. The molecule has 5 nitrogen and oxygen atoms in total. The lowest BCUT2D eigenvalue weighted by Crippen LogP contribution is -2.30. The first kappa shape index (κ1) is 16.7. The highest BCUT2D eigenvalue weighted by Gasteiger charge is 2.15. The first-order valence-corrected chi connectivity index (χ1v) is 7.38. The fraction of sp³-hybridized carbons (Fsp3) is 0.278. The van der Waals surface area contributed by atoms with Gasteiger partial charge in [0.05, 0.1) is 7.11 Å². The molecule has 0 fully saturated rings. The number of ether oxygens (including phenoxy) is 2. The Bertz CT molecular complexity index is 636. The van der Waals surface area contributed by atoms with Gasteiger partial charge >= 0.3 is 0 Å². The molecule has 1 atom stereocenters. The van der Waals surface area contributed by atoms with Crippen LogP contribution in [0.3, 0.4) is 0 Å². The van der Waals surface area contributed by atoms with E-state index in [-0.39, 0.29) is 5.91 Å². The Balaban J connectivity index is 1.93. The lowest BCUT2D eigenvalue weighted by Gasteiger charge is -2.16. The predicted octanol–water partition coefficient (Wildman–Crippen LogP) is 3.17. The van der Waals surface area contributed by atoms with Gasteiger partial charge in [-0.15, -0.1) is 0 Å². The van der Waals surface area contributed by atoms with Gasteiger partial charge in [-0.25, -0.2) is 0 Å². The summed E-state index contributed by atoms with van der Waals surface area (Å²) in [6.07, 6.45) is -0.600. The smallest absolute Gasteiger partial charge is 0.265 e. The van der Waals surface area contributed by atoms with Crippen molar-refractivity contribution in [1.29, 1.82) is 0 Å². The fourth-order valence-corrected chi connectivity index (χ4v) is 2.00. The van der Waals surface area contributed by atoms with Gasteiger partial charge in [0, 0.05) is 25.5 Å². The minimum Gasteiger partial charge on any atom is -0.497 e. The number of nitrogens with one attached hydrogen (secondary N) is 1. The molecule has 1 N–H and O–H groups in total. The lowest BCUT2D eigenvalue weighted by atomic mass is 10.2. The molecule has 1 amide bonds. The molecule has 0 saturated carbocycles. The highest BCUT2D eigenvalue weighted by molar-refractivity contribution is 5.94. The second-order valence-corrected chi connectivity index (χ2v) is 5.37. The van der Waals surface area contributed by atoms with Gasteiger partial charge < -0.3 is 19.7 Å². The zero-order valence-corrected chi connectivity index (χ0v) is 13.9. The number of carbonyl (C=O) groups is 1. The van der Waals surface area contributed by atoms with Gasteiger partial charge in [-0.2, -0.15) is 0 Å². The van der Waals surface area contributed by atoms with Gasteiger partial charge in [0.1, 0.15) is 11.5 Å². The Hall–Kier alpha value is -2.69. The van der Waals surface area contributed by atoms with Crippen LogP contribution in [0.2, 0.25) is 0 Å². The van der Waals surface area contributed by atoms with Crippen LogP contribution in [0.25, 0.3) is 0 Å². The van der Waals surface area contributed by atoms with Crippen molar-refractivity contribution in [2.45, 2.75) is 13.0 Å². The molecule has 0 aliphatic rings. The Morgan fingerprint density at radius 3 is 2.09 bits per heavy atom. The minimum absolute atomic E-state index is 0.196. The van der Waals surface area contributed by atoms with E-state index in [0.29, 0.717) is 5.75 Å². The van der Waals surface area contributed by atoms with Crippen molar-refractivity contribution in [2.75, 3.05) is 31.4 Å². The SMILES string of the molecule is COc1ccc(O[C@@H](C)C(=O)Nc2ccc(N(C)C)cc2)cc1. The molecule has 2 aromatic carbocycles. The van der Waals surface area contributed by atoms with Crippen molar-refractivity contribution in [3.63, 3.8) is 0 Å². The van der Waals surface area contributed by atoms with Crippen LogP contribution in [0.5, 0.6) is 11.5 Å². The molecule has 23 heavy (non-hydrogen) atoms. The van der Waals surface area contributed by atoms with Crippen LogP contribution in [0.15, 0.2) is 48.5 Å². The van der Waals surface area contributed by atoms with E-state index in [2.05, 4.69) is 5.32 Å². The molecule has 2 aromatic rings. The van der Waals surface area contributed by atoms with E-state index >= 15 is 0 Å². The number of nitrogens with zero attached hydrogens (tertiary/aromatic N) is 1. The van der Waals surface area contributed by atoms with Crippen LogP contribution in [0.1, 0.15) is 6.92 Å². The quantitative estimate of drug-likeness (QED) is 0.890. The topological polar surface area (TPSA) is 50.8 Å². The van der Waals surface area contributed by atoms with Crippen LogP contribution < -0.4 is 19.7 Å². The third-order valence-corrected chi connectivity index (χ3v) is 3.39. The fourth-order valence-electron chi connectivity index (χ4n) is 2.00. The average molecular weight is 314 g/mol. The van der Waals surface area contributed by atoms with Crippen molar-refractivity contribution in [2.24, 2.45) is 0 Å². The van der Waals surface area contributed by atoms with Gasteiger partial charge in [0.25, 0.3) is 5.91 Å². The molecule has 0 bridgehead atoms. The van der Waals surface area contributed by atoms with E-state index in [0.717, 1.165) is 17.1 Å². The van der Waals surface area contributed by atoms with E-state index in [1.807, 2.05) is 43.3 Å². The molecule has 122 valence electrons. The molecule has 0 aromatic heterocycles. The molecule has 0 aliphatic carbocycles. The zero-order valence-electron chi connectivity index (χ0n) is 13.9. The molecule has 2 rings (SSSR count). The van der Waals surface area contributed by atoms with Crippen LogP contribution in [-0.4, -0.2) is 33.2 Å². The number of benzene rings is 2. The third kappa shape index (κ3) is 4.64. The first-order valence-electron chi connectivity index (χ1n) is 7.38. The van der Waals surface area contributed by atoms with Crippen molar-refractivity contribution in [3.05, 3.63) is 48.5 Å². The maximum Gasteiger partial charge on any atom is 0.265 e. The highest BCUT2D eigenvalue weighted by Crippen LogP contribution is 2.19. The standard InChI is InChI=1S/C18H22N2O3/c1-13(23-17-11-9-16(22-4)10-12-17)18(21)19-14-5-7-15(8-6-14)20(2)3/h5-13H,1-4H3,(H,19,21)/t13-/m0/s1. The molecular formula is C18H22N2O3. The number of rotatable bonds is 6. The van der Waals surface area contributed by atoms with Crippen molar-refractivity contribution >= 4 is 17.3 Å². The molecule has 0 aliphatic heterocycles. The number of hydrogen-bond donors (Lipinski definition) is 1. The molecule has 0 unspecified atom stereocenters. The molecule has 5 heteroatoms. The molecule has 0 heterocycles. The van der Waals surface area contributed by atoms with Gasteiger partial charge in [-0.05, 0) is 55.5 Å². The number of hydrogen-bond acceptors (Lipinski definition) is 4. The van der Waals surface area contributed by atoms with Crippen LogP contribution in [0.4, 0.5) is 11.4 Å². The predicted molar refractivity (Wildman–Crippen MR) is 92.5 cm³/mol.